The predicted molar refractivity (Wildman–Crippen MR) is 207 cm³/mol. The van der Waals surface area contributed by atoms with Gasteiger partial charge in [-0.25, -0.2) is 4.79 Å². The third kappa shape index (κ3) is 37.7. The molecule has 0 amide bonds. The summed E-state index contributed by atoms with van der Waals surface area (Å²) < 4.78 is 5.52. The Morgan fingerprint density at radius 3 is 0.891 bits per heavy atom. The summed E-state index contributed by atoms with van der Waals surface area (Å²) in [5, 5.41) is 0. The Morgan fingerprint density at radius 1 is 0.370 bits per heavy atom. The van der Waals surface area contributed by atoms with E-state index < -0.39 is 0 Å². The van der Waals surface area contributed by atoms with Crippen molar-refractivity contribution in [2.45, 2.75) is 258 Å². The second-order valence-electron chi connectivity index (χ2n) is 14.8. The molecule has 0 aliphatic carbocycles. The van der Waals surface area contributed by atoms with Crippen molar-refractivity contribution >= 4 is 5.97 Å². The van der Waals surface area contributed by atoms with Gasteiger partial charge in [-0.3, -0.25) is 0 Å². The molecule has 0 rings (SSSR count). The topological polar surface area (TPSA) is 26.3 Å². The molecular weight excluding hydrogens is 560 g/mol. The molecule has 0 radical (unpaired) electrons. The minimum Gasteiger partial charge on any atom is -0.462 e. The Balaban J connectivity index is 3.31. The first-order chi connectivity index (χ1) is 22.7. The summed E-state index contributed by atoms with van der Waals surface area (Å²) in [6.07, 6.45) is 53.3. The van der Waals surface area contributed by atoms with Crippen LogP contribution in [0, 0.1) is 0 Å². The van der Waals surface area contributed by atoms with Crippen molar-refractivity contribution < 1.29 is 9.53 Å². The molecule has 0 aromatic heterocycles. The second-order valence-corrected chi connectivity index (χ2v) is 14.8. The van der Waals surface area contributed by atoms with Gasteiger partial charge in [0.15, 0.2) is 0 Å². The number of allylic oxidation sites excluding steroid dienone is 1. The average molecular weight is 647 g/mol. The summed E-state index contributed by atoms with van der Waals surface area (Å²) in [6.45, 7) is 7.10. The van der Waals surface area contributed by atoms with Crippen LogP contribution in [0.2, 0.25) is 0 Å². The van der Waals surface area contributed by atoms with Crippen molar-refractivity contribution in [3.05, 3.63) is 11.6 Å². The van der Waals surface area contributed by atoms with Gasteiger partial charge in [0.2, 0.25) is 0 Å². The van der Waals surface area contributed by atoms with Crippen LogP contribution in [0.25, 0.3) is 0 Å². The lowest BCUT2D eigenvalue weighted by molar-refractivity contribution is -0.139. The van der Waals surface area contributed by atoms with Crippen molar-refractivity contribution in [1.29, 1.82) is 0 Å². The normalized spacial score (nSPS) is 11.8. The SMILES string of the molecule is CCCCCCCCCCCCCCCCCCCC/C=C(\C)C(=O)OCCCCCCCCCCCCCCCCCCCC. The molecule has 0 atom stereocenters. The van der Waals surface area contributed by atoms with Crippen LogP contribution in [0.3, 0.4) is 0 Å². The fraction of sp³-hybridized carbons (Fsp3) is 0.932. The van der Waals surface area contributed by atoms with E-state index in [1.54, 1.807) is 0 Å². The Morgan fingerprint density at radius 2 is 0.609 bits per heavy atom. The van der Waals surface area contributed by atoms with Crippen LogP contribution in [0.1, 0.15) is 258 Å². The molecule has 2 heteroatoms. The van der Waals surface area contributed by atoms with Crippen molar-refractivity contribution in [1.82, 2.24) is 0 Å². The predicted octanol–water partition coefficient (Wildman–Crippen LogP) is 15.9. The highest BCUT2D eigenvalue weighted by atomic mass is 16.5. The fourth-order valence-corrected chi connectivity index (χ4v) is 6.73. The van der Waals surface area contributed by atoms with E-state index in [9.17, 15) is 4.79 Å². The monoisotopic (exact) mass is 647 g/mol. The van der Waals surface area contributed by atoms with Gasteiger partial charge in [-0.05, 0) is 26.2 Å². The summed E-state index contributed by atoms with van der Waals surface area (Å²) in [4.78, 5) is 12.3. The lowest BCUT2D eigenvalue weighted by Gasteiger charge is -2.06. The number of carbonyl (C=O) groups excluding carboxylic acids is 1. The van der Waals surface area contributed by atoms with E-state index in [2.05, 4.69) is 19.9 Å². The molecule has 0 aromatic carbocycles. The lowest BCUT2D eigenvalue weighted by atomic mass is 10.0. The van der Waals surface area contributed by atoms with Crippen LogP contribution < -0.4 is 0 Å². The van der Waals surface area contributed by atoms with Gasteiger partial charge in [0.05, 0.1) is 6.61 Å². The summed E-state index contributed by atoms with van der Waals surface area (Å²) >= 11 is 0. The number of hydrogen-bond donors (Lipinski definition) is 0. The molecule has 0 unspecified atom stereocenters. The van der Waals surface area contributed by atoms with E-state index in [-0.39, 0.29) is 5.97 Å². The number of rotatable bonds is 39. The molecule has 0 aliphatic heterocycles. The number of ether oxygens (including phenoxy) is 1. The van der Waals surface area contributed by atoms with Gasteiger partial charge in [-0.1, -0.05) is 238 Å². The molecule has 0 fully saturated rings. The molecule has 46 heavy (non-hydrogen) atoms. The van der Waals surface area contributed by atoms with Crippen molar-refractivity contribution in [3.63, 3.8) is 0 Å². The molecule has 0 saturated carbocycles. The van der Waals surface area contributed by atoms with E-state index in [1.165, 1.54) is 225 Å². The van der Waals surface area contributed by atoms with Crippen LogP contribution in [0.5, 0.6) is 0 Å². The quantitative estimate of drug-likeness (QED) is 0.0377. The first-order valence-corrected chi connectivity index (χ1v) is 21.6. The summed E-state index contributed by atoms with van der Waals surface area (Å²) in [5.41, 5.74) is 0.800. The van der Waals surface area contributed by atoms with E-state index in [0.29, 0.717) is 6.61 Å². The molecule has 0 heterocycles. The minimum atomic E-state index is -0.102. The van der Waals surface area contributed by atoms with Gasteiger partial charge in [-0.15, -0.1) is 0 Å². The molecule has 274 valence electrons. The molecule has 0 aromatic rings. The molecule has 0 spiro atoms. The number of esters is 1. The maximum Gasteiger partial charge on any atom is 0.333 e. The highest BCUT2D eigenvalue weighted by Gasteiger charge is 2.05. The molecule has 0 bridgehead atoms. The smallest absolute Gasteiger partial charge is 0.333 e. The zero-order valence-corrected chi connectivity index (χ0v) is 32.3. The third-order valence-electron chi connectivity index (χ3n) is 10.1. The summed E-state index contributed by atoms with van der Waals surface area (Å²) in [7, 11) is 0. The number of carbonyl (C=O) groups is 1. The van der Waals surface area contributed by atoms with Crippen LogP contribution >= 0.6 is 0 Å². The zero-order valence-electron chi connectivity index (χ0n) is 32.3. The van der Waals surface area contributed by atoms with Crippen LogP contribution in [0.15, 0.2) is 11.6 Å². The molecule has 0 saturated heterocycles. The van der Waals surface area contributed by atoms with Crippen molar-refractivity contribution in [2.24, 2.45) is 0 Å². The van der Waals surface area contributed by atoms with E-state index >= 15 is 0 Å². The fourth-order valence-electron chi connectivity index (χ4n) is 6.73. The Hall–Kier alpha value is -0.790. The second kappa shape index (κ2) is 40.4. The zero-order chi connectivity index (χ0) is 33.4. The van der Waals surface area contributed by atoms with Crippen molar-refractivity contribution in [2.75, 3.05) is 6.61 Å². The molecule has 0 aliphatic rings. The van der Waals surface area contributed by atoms with E-state index in [1.807, 2.05) is 6.92 Å². The van der Waals surface area contributed by atoms with Gasteiger partial charge in [0.1, 0.15) is 0 Å². The first kappa shape index (κ1) is 45.2. The van der Waals surface area contributed by atoms with Gasteiger partial charge in [-0.2, -0.15) is 0 Å². The minimum absolute atomic E-state index is 0.102. The maximum atomic E-state index is 12.3. The average Bonchev–Trinajstić information content (AvgIpc) is 3.06. The van der Waals surface area contributed by atoms with Gasteiger partial charge in [0, 0.05) is 5.57 Å². The summed E-state index contributed by atoms with van der Waals surface area (Å²) in [6, 6.07) is 0. The maximum absolute atomic E-state index is 12.3. The third-order valence-corrected chi connectivity index (χ3v) is 10.1. The highest BCUT2D eigenvalue weighted by molar-refractivity contribution is 5.87. The standard InChI is InChI=1S/C44H86O2/c1-4-6-8-10-12-14-16-18-20-22-24-25-27-29-31-33-35-37-39-41-43(3)44(45)46-42-40-38-36-34-32-30-28-26-23-21-19-17-15-13-11-9-7-5-2/h41H,4-40,42H2,1-3H3/b43-41+. The molecule has 0 N–H and O–H groups in total. The van der Waals surface area contributed by atoms with Gasteiger partial charge in [0.25, 0.3) is 0 Å². The Bertz CT molecular complexity index is 609. The number of unbranched alkanes of at least 4 members (excludes halogenated alkanes) is 35. The Labute approximate surface area is 291 Å². The lowest BCUT2D eigenvalue weighted by Crippen LogP contribution is -2.07. The van der Waals surface area contributed by atoms with E-state index in [0.717, 1.165) is 18.4 Å². The van der Waals surface area contributed by atoms with Crippen LogP contribution in [-0.4, -0.2) is 12.6 Å². The summed E-state index contributed by atoms with van der Waals surface area (Å²) in [5.74, 6) is -0.102. The van der Waals surface area contributed by atoms with E-state index in [4.69, 9.17) is 4.74 Å². The van der Waals surface area contributed by atoms with Gasteiger partial charge < -0.3 is 4.74 Å². The van der Waals surface area contributed by atoms with Gasteiger partial charge >= 0.3 is 5.97 Å². The molecule has 2 nitrogen and oxygen atoms in total. The molecular formula is C44H86O2. The van der Waals surface area contributed by atoms with Crippen LogP contribution in [-0.2, 0) is 9.53 Å². The largest absolute Gasteiger partial charge is 0.462 e. The number of hydrogen-bond acceptors (Lipinski definition) is 2. The first-order valence-electron chi connectivity index (χ1n) is 21.6. The van der Waals surface area contributed by atoms with Crippen LogP contribution in [0.4, 0.5) is 0 Å². The van der Waals surface area contributed by atoms with Crippen molar-refractivity contribution in [3.8, 4) is 0 Å². The Kier molecular flexibility index (Phi) is 39.7. The highest BCUT2D eigenvalue weighted by Crippen LogP contribution is 2.16.